The zero-order valence-electron chi connectivity index (χ0n) is 18.8. The van der Waals surface area contributed by atoms with Crippen LogP contribution in [0, 0.1) is 12.8 Å². The molecule has 2 aromatic rings. The van der Waals surface area contributed by atoms with Gasteiger partial charge in [-0.15, -0.1) is 0 Å². The number of carbonyl (C=O) groups excluding carboxylic acids is 1. The van der Waals surface area contributed by atoms with Gasteiger partial charge in [-0.05, 0) is 42.2 Å². The number of benzene rings is 2. The van der Waals surface area contributed by atoms with Crippen LogP contribution in [0.15, 0.2) is 42.5 Å². The van der Waals surface area contributed by atoms with Gasteiger partial charge in [0.2, 0.25) is 0 Å². The number of piperazine rings is 1. The van der Waals surface area contributed by atoms with Gasteiger partial charge in [0.25, 0.3) is 5.91 Å². The third kappa shape index (κ3) is 5.13. The van der Waals surface area contributed by atoms with E-state index in [4.69, 9.17) is 9.47 Å². The summed E-state index contributed by atoms with van der Waals surface area (Å²) < 4.78 is 11.4. The number of nitrogens with one attached hydrogen (secondary N) is 2. The third-order valence-electron chi connectivity index (χ3n) is 6.25. The molecule has 166 valence electrons. The van der Waals surface area contributed by atoms with Gasteiger partial charge >= 0.3 is 0 Å². The number of hydrogen-bond donors (Lipinski definition) is 2. The van der Waals surface area contributed by atoms with Gasteiger partial charge in [-0.2, -0.15) is 0 Å². The molecule has 2 aliphatic heterocycles. The number of rotatable bonds is 6. The topological polar surface area (TPSA) is 55.2 Å². The highest BCUT2D eigenvalue weighted by Gasteiger charge is 2.26. The summed E-state index contributed by atoms with van der Waals surface area (Å²) >= 11 is 0. The summed E-state index contributed by atoms with van der Waals surface area (Å²) in [6.07, 6.45) is 0. The van der Waals surface area contributed by atoms with Crippen molar-refractivity contribution in [2.75, 3.05) is 50.8 Å². The van der Waals surface area contributed by atoms with Crippen molar-refractivity contribution in [3.05, 3.63) is 53.6 Å². The van der Waals surface area contributed by atoms with Gasteiger partial charge in [0, 0.05) is 5.69 Å². The molecule has 0 aromatic heterocycles. The molecular weight excluding hydrogens is 390 g/mol. The molecule has 1 atom stereocenters. The number of anilines is 1. The van der Waals surface area contributed by atoms with Crippen molar-refractivity contribution in [1.82, 2.24) is 5.32 Å². The van der Waals surface area contributed by atoms with Crippen LogP contribution in [-0.4, -0.2) is 51.8 Å². The zero-order chi connectivity index (χ0) is 21.8. The van der Waals surface area contributed by atoms with Gasteiger partial charge in [-0.1, -0.05) is 38.1 Å². The first-order valence-corrected chi connectivity index (χ1v) is 11.3. The van der Waals surface area contributed by atoms with E-state index in [0.29, 0.717) is 19.8 Å². The Morgan fingerprint density at radius 2 is 1.77 bits per heavy atom. The largest absolute Gasteiger partial charge is 0.486 e. The average Bonchev–Trinajstić information content (AvgIpc) is 2.78. The number of hydrogen-bond acceptors (Lipinski definition) is 4. The number of fused-ring (bicyclic) bond motifs is 1. The highest BCUT2D eigenvalue weighted by atomic mass is 16.6. The standard InChI is InChI=1S/C25H33N3O3/c1-18(2)25(20-8-9-22-23(16-20)31-15-14-30-22)26-24(29)17-27-10-12-28(13-11-27)21-7-5-4-6-19(21)3/h4-9,16,18,25H,10-15,17H2,1-3H3,(H,26,29)/p+1/t25-/m0/s1. The van der Waals surface area contributed by atoms with Crippen molar-refractivity contribution in [3.63, 3.8) is 0 Å². The summed E-state index contributed by atoms with van der Waals surface area (Å²) in [7, 11) is 0. The highest BCUT2D eigenvalue weighted by molar-refractivity contribution is 5.77. The fourth-order valence-corrected chi connectivity index (χ4v) is 4.50. The van der Waals surface area contributed by atoms with E-state index in [9.17, 15) is 4.79 Å². The number of ether oxygens (including phenoxy) is 2. The first kappa shape index (κ1) is 21.5. The lowest BCUT2D eigenvalue weighted by Gasteiger charge is -2.34. The Morgan fingerprint density at radius 3 is 2.48 bits per heavy atom. The SMILES string of the molecule is Cc1ccccc1N1CC[NH+](CC(=O)N[C@H](c2ccc3c(c2)OCCO3)C(C)C)CC1. The molecule has 6 nitrogen and oxygen atoms in total. The van der Waals surface area contributed by atoms with Crippen LogP contribution in [0.25, 0.3) is 0 Å². The number of quaternary nitrogens is 1. The zero-order valence-corrected chi connectivity index (χ0v) is 18.8. The smallest absolute Gasteiger partial charge is 0.275 e. The predicted molar refractivity (Wildman–Crippen MR) is 122 cm³/mol. The Balaban J connectivity index is 1.33. The Hall–Kier alpha value is -2.73. The van der Waals surface area contributed by atoms with Crippen LogP contribution in [0.1, 0.15) is 31.0 Å². The van der Waals surface area contributed by atoms with Crippen LogP contribution in [0.3, 0.4) is 0 Å². The van der Waals surface area contributed by atoms with Crippen LogP contribution in [0.2, 0.25) is 0 Å². The van der Waals surface area contributed by atoms with Crippen LogP contribution < -0.4 is 24.6 Å². The maximum absolute atomic E-state index is 12.9. The summed E-state index contributed by atoms with van der Waals surface area (Å²) in [6, 6.07) is 14.5. The van der Waals surface area contributed by atoms with Crippen LogP contribution in [0.5, 0.6) is 11.5 Å². The molecule has 4 rings (SSSR count). The van der Waals surface area contributed by atoms with E-state index < -0.39 is 0 Å². The van der Waals surface area contributed by atoms with Crippen LogP contribution in [0.4, 0.5) is 5.69 Å². The van der Waals surface area contributed by atoms with E-state index in [0.717, 1.165) is 43.2 Å². The first-order chi connectivity index (χ1) is 15.0. The quantitative estimate of drug-likeness (QED) is 0.745. The summed E-state index contributed by atoms with van der Waals surface area (Å²) in [6.45, 7) is 12.0. The number of amides is 1. The molecule has 0 unspecified atom stereocenters. The molecule has 0 aliphatic carbocycles. The maximum atomic E-state index is 12.9. The summed E-state index contributed by atoms with van der Waals surface area (Å²) in [5, 5.41) is 3.27. The normalized spacial score (nSPS) is 17.5. The minimum absolute atomic E-state index is 0.0454. The molecule has 1 amide bonds. The molecule has 2 aromatic carbocycles. The summed E-state index contributed by atoms with van der Waals surface area (Å²) in [4.78, 5) is 16.7. The van der Waals surface area contributed by atoms with E-state index in [1.54, 1.807) is 0 Å². The summed E-state index contributed by atoms with van der Waals surface area (Å²) in [5.41, 5.74) is 3.68. The maximum Gasteiger partial charge on any atom is 0.275 e. The minimum atomic E-state index is -0.0454. The fourth-order valence-electron chi connectivity index (χ4n) is 4.50. The highest BCUT2D eigenvalue weighted by Crippen LogP contribution is 2.34. The lowest BCUT2D eigenvalue weighted by molar-refractivity contribution is -0.892. The number of para-hydroxylation sites is 1. The minimum Gasteiger partial charge on any atom is -0.486 e. The molecule has 6 heteroatoms. The fraction of sp³-hybridized carbons (Fsp3) is 0.480. The van der Waals surface area contributed by atoms with Crippen molar-refractivity contribution in [1.29, 1.82) is 0 Å². The predicted octanol–water partition coefficient (Wildman–Crippen LogP) is 1.98. The van der Waals surface area contributed by atoms with Crippen molar-refractivity contribution in [3.8, 4) is 11.5 Å². The second-order valence-electron chi connectivity index (χ2n) is 8.89. The van der Waals surface area contributed by atoms with E-state index >= 15 is 0 Å². The van der Waals surface area contributed by atoms with Crippen LogP contribution >= 0.6 is 0 Å². The van der Waals surface area contributed by atoms with Crippen molar-refractivity contribution < 1.29 is 19.2 Å². The van der Waals surface area contributed by atoms with Gasteiger partial charge in [0.05, 0.1) is 32.2 Å². The molecule has 0 bridgehead atoms. The van der Waals surface area contributed by atoms with Crippen LogP contribution in [-0.2, 0) is 4.79 Å². The van der Waals surface area contributed by atoms with E-state index in [2.05, 4.69) is 55.3 Å². The van der Waals surface area contributed by atoms with Crippen molar-refractivity contribution >= 4 is 11.6 Å². The molecule has 0 spiro atoms. The van der Waals surface area contributed by atoms with Gasteiger partial charge in [0.1, 0.15) is 13.2 Å². The number of carbonyl (C=O) groups is 1. The van der Waals surface area contributed by atoms with Crippen molar-refractivity contribution in [2.45, 2.75) is 26.8 Å². The lowest BCUT2D eigenvalue weighted by atomic mass is 9.95. The van der Waals surface area contributed by atoms with E-state index in [1.807, 2.05) is 18.2 Å². The lowest BCUT2D eigenvalue weighted by Crippen LogP contribution is -3.16. The molecule has 1 fully saturated rings. The van der Waals surface area contributed by atoms with E-state index in [1.165, 1.54) is 16.2 Å². The molecule has 0 radical (unpaired) electrons. The Bertz CT molecular complexity index is 907. The summed E-state index contributed by atoms with van der Waals surface area (Å²) in [5.74, 6) is 1.92. The monoisotopic (exact) mass is 424 g/mol. The van der Waals surface area contributed by atoms with E-state index in [-0.39, 0.29) is 17.9 Å². The Labute approximate surface area is 185 Å². The second kappa shape index (κ2) is 9.60. The molecule has 2 aliphatic rings. The van der Waals surface area contributed by atoms with Crippen molar-refractivity contribution in [2.24, 2.45) is 5.92 Å². The Morgan fingerprint density at radius 1 is 1.06 bits per heavy atom. The second-order valence-corrected chi connectivity index (χ2v) is 8.89. The molecule has 0 saturated carbocycles. The molecule has 31 heavy (non-hydrogen) atoms. The number of aryl methyl sites for hydroxylation is 1. The molecule has 2 heterocycles. The van der Waals surface area contributed by atoms with Gasteiger partial charge in [-0.25, -0.2) is 0 Å². The molecular formula is C25H34N3O3+. The Kier molecular flexibility index (Phi) is 6.66. The van der Waals surface area contributed by atoms with Gasteiger partial charge in [0.15, 0.2) is 18.0 Å². The third-order valence-corrected chi connectivity index (χ3v) is 6.25. The molecule has 1 saturated heterocycles. The number of nitrogens with zero attached hydrogens (tertiary/aromatic N) is 1. The molecule has 2 N–H and O–H groups in total. The first-order valence-electron chi connectivity index (χ1n) is 11.3. The average molecular weight is 425 g/mol. The van der Waals surface area contributed by atoms with Gasteiger partial charge < -0.3 is 24.6 Å². The van der Waals surface area contributed by atoms with Gasteiger partial charge in [-0.3, -0.25) is 4.79 Å².